The molecule has 1 heterocycles. The molecule has 0 saturated carbocycles. The summed E-state index contributed by atoms with van der Waals surface area (Å²) in [6, 6.07) is 4.55. The topological polar surface area (TPSA) is 76.2 Å². The van der Waals surface area contributed by atoms with Crippen molar-refractivity contribution in [1.82, 2.24) is 9.55 Å². The van der Waals surface area contributed by atoms with Crippen LogP contribution in [-0.2, 0) is 13.6 Å². The van der Waals surface area contributed by atoms with Crippen LogP contribution < -0.4 is 10.2 Å². The van der Waals surface area contributed by atoms with Gasteiger partial charge in [-0.2, -0.15) is 0 Å². The van der Waals surface area contributed by atoms with Crippen molar-refractivity contribution in [2.45, 2.75) is 6.54 Å². The zero-order valence-electron chi connectivity index (χ0n) is 12.0. The van der Waals surface area contributed by atoms with Gasteiger partial charge < -0.3 is 14.8 Å². The minimum atomic E-state index is -0.456. The maximum Gasteiger partial charge on any atom is 0.293 e. The fourth-order valence-electron chi connectivity index (χ4n) is 2.00. The van der Waals surface area contributed by atoms with Crippen LogP contribution in [0.15, 0.2) is 24.4 Å². The Morgan fingerprint density at radius 2 is 2.19 bits per heavy atom. The smallest absolute Gasteiger partial charge is 0.293 e. The highest BCUT2D eigenvalue weighted by molar-refractivity contribution is 6.30. The van der Waals surface area contributed by atoms with Crippen molar-refractivity contribution in [1.29, 1.82) is 0 Å². The highest BCUT2D eigenvalue weighted by Crippen LogP contribution is 2.28. The summed E-state index contributed by atoms with van der Waals surface area (Å²) in [5, 5.41) is 14.4. The third-order valence-corrected chi connectivity index (χ3v) is 3.31. The second-order valence-electron chi connectivity index (χ2n) is 4.78. The number of nitro benzene ring substituents is 1. The Kier molecular flexibility index (Phi) is 4.32. The van der Waals surface area contributed by atoms with Crippen LogP contribution in [0.1, 0.15) is 5.69 Å². The number of aromatic nitrogens is 2. The molecule has 0 unspecified atom stereocenters. The summed E-state index contributed by atoms with van der Waals surface area (Å²) in [5.41, 5.74) is 1.30. The Bertz CT molecular complexity index is 669. The Balaban J connectivity index is 2.19. The molecule has 0 aliphatic heterocycles. The van der Waals surface area contributed by atoms with Crippen molar-refractivity contribution in [2.24, 2.45) is 7.05 Å². The zero-order valence-corrected chi connectivity index (χ0v) is 12.8. The van der Waals surface area contributed by atoms with Crippen LogP contribution in [-0.4, -0.2) is 28.6 Å². The Labute approximate surface area is 127 Å². The summed E-state index contributed by atoms with van der Waals surface area (Å²) in [6.45, 7) is 0.430. The number of imidazole rings is 1. The highest BCUT2D eigenvalue weighted by atomic mass is 35.5. The number of anilines is 2. The third-order valence-electron chi connectivity index (χ3n) is 3.08. The first-order valence-corrected chi connectivity index (χ1v) is 6.63. The first-order chi connectivity index (χ1) is 9.90. The van der Waals surface area contributed by atoms with E-state index in [0.29, 0.717) is 17.3 Å². The van der Waals surface area contributed by atoms with Crippen molar-refractivity contribution in [3.8, 4) is 0 Å². The van der Waals surface area contributed by atoms with Gasteiger partial charge in [-0.25, -0.2) is 4.98 Å². The fourth-order valence-corrected chi connectivity index (χ4v) is 2.17. The average molecular weight is 310 g/mol. The summed E-state index contributed by atoms with van der Waals surface area (Å²) in [7, 11) is 5.71. The molecule has 8 heteroatoms. The molecular weight excluding hydrogens is 294 g/mol. The Hall–Kier alpha value is -2.28. The van der Waals surface area contributed by atoms with E-state index in [2.05, 4.69) is 10.3 Å². The number of halogens is 1. The predicted octanol–water partition coefficient (Wildman–Crippen LogP) is 2.66. The molecule has 1 N–H and O–H groups in total. The van der Waals surface area contributed by atoms with Gasteiger partial charge in [-0.05, 0) is 12.1 Å². The van der Waals surface area contributed by atoms with Gasteiger partial charge in [0.1, 0.15) is 5.69 Å². The second kappa shape index (κ2) is 6.01. The molecule has 0 spiro atoms. The van der Waals surface area contributed by atoms with Crippen molar-refractivity contribution >= 4 is 28.9 Å². The lowest BCUT2D eigenvalue weighted by Crippen LogP contribution is -2.15. The lowest BCUT2D eigenvalue weighted by Gasteiger charge is -2.13. The first-order valence-electron chi connectivity index (χ1n) is 6.26. The maximum absolute atomic E-state index is 11.0. The predicted molar refractivity (Wildman–Crippen MR) is 83.0 cm³/mol. The fraction of sp³-hybridized carbons (Fsp3) is 0.308. The first kappa shape index (κ1) is 15.1. The molecule has 2 aromatic rings. The molecule has 2 rings (SSSR count). The molecule has 0 amide bonds. The lowest BCUT2D eigenvalue weighted by molar-refractivity contribution is -0.383. The van der Waals surface area contributed by atoms with Crippen LogP contribution in [0.25, 0.3) is 0 Å². The van der Waals surface area contributed by atoms with Gasteiger partial charge in [0.15, 0.2) is 0 Å². The van der Waals surface area contributed by atoms with E-state index in [-0.39, 0.29) is 5.69 Å². The molecule has 0 bridgehead atoms. The van der Waals surface area contributed by atoms with E-state index < -0.39 is 4.92 Å². The van der Waals surface area contributed by atoms with Crippen molar-refractivity contribution in [2.75, 3.05) is 24.3 Å². The molecule has 112 valence electrons. The number of nitrogens with zero attached hydrogens (tertiary/aromatic N) is 4. The van der Waals surface area contributed by atoms with Crippen molar-refractivity contribution < 1.29 is 4.92 Å². The number of benzene rings is 1. The summed E-state index contributed by atoms with van der Waals surface area (Å²) in [6.07, 6.45) is 1.74. The van der Waals surface area contributed by atoms with Gasteiger partial charge in [-0.1, -0.05) is 11.6 Å². The van der Waals surface area contributed by atoms with Gasteiger partial charge in [0, 0.05) is 32.2 Å². The van der Waals surface area contributed by atoms with Crippen LogP contribution >= 0.6 is 11.6 Å². The van der Waals surface area contributed by atoms with Crippen LogP contribution in [0.4, 0.5) is 17.3 Å². The van der Waals surface area contributed by atoms with E-state index in [4.69, 9.17) is 11.6 Å². The van der Waals surface area contributed by atoms with E-state index in [0.717, 1.165) is 11.6 Å². The number of hydrogen-bond acceptors (Lipinski definition) is 5. The highest BCUT2D eigenvalue weighted by Gasteiger charge is 2.15. The molecule has 1 aromatic carbocycles. The third kappa shape index (κ3) is 3.25. The van der Waals surface area contributed by atoms with Gasteiger partial charge in [-0.15, -0.1) is 0 Å². The van der Waals surface area contributed by atoms with Crippen LogP contribution in [0, 0.1) is 10.1 Å². The number of rotatable bonds is 5. The van der Waals surface area contributed by atoms with E-state index >= 15 is 0 Å². The SMILES string of the molecule is CN(C)c1ncc(CNc2ccc(Cl)cc2[N+](=O)[O-])n1C. The van der Waals surface area contributed by atoms with Crippen molar-refractivity contribution in [3.05, 3.63) is 45.2 Å². The molecule has 0 radical (unpaired) electrons. The summed E-state index contributed by atoms with van der Waals surface area (Å²) >= 11 is 5.79. The molecule has 0 fully saturated rings. The van der Waals surface area contributed by atoms with Gasteiger partial charge in [0.05, 0.1) is 23.4 Å². The van der Waals surface area contributed by atoms with Crippen LogP contribution in [0.3, 0.4) is 0 Å². The maximum atomic E-state index is 11.0. The normalized spacial score (nSPS) is 10.5. The average Bonchev–Trinajstić information content (AvgIpc) is 2.78. The van der Waals surface area contributed by atoms with Gasteiger partial charge in [-0.3, -0.25) is 10.1 Å². The monoisotopic (exact) mass is 309 g/mol. The van der Waals surface area contributed by atoms with Gasteiger partial charge in [0.25, 0.3) is 5.69 Å². The molecule has 0 aliphatic rings. The standard InChI is InChI=1S/C13H16ClN5O2/c1-17(2)13-16-8-10(18(13)3)7-15-11-5-4-9(14)6-12(11)19(20)21/h4-6,8,15H,7H2,1-3H3. The second-order valence-corrected chi connectivity index (χ2v) is 5.21. The molecule has 1 aromatic heterocycles. The largest absolute Gasteiger partial charge is 0.374 e. The van der Waals surface area contributed by atoms with Crippen molar-refractivity contribution in [3.63, 3.8) is 0 Å². The molecule has 0 atom stereocenters. The summed E-state index contributed by atoms with van der Waals surface area (Å²) in [4.78, 5) is 16.8. The minimum absolute atomic E-state index is 0.0440. The van der Waals surface area contributed by atoms with E-state index in [1.165, 1.54) is 6.07 Å². The van der Waals surface area contributed by atoms with Gasteiger partial charge >= 0.3 is 0 Å². The Morgan fingerprint density at radius 1 is 1.48 bits per heavy atom. The number of hydrogen-bond donors (Lipinski definition) is 1. The van der Waals surface area contributed by atoms with Crippen LogP contribution in [0.5, 0.6) is 0 Å². The molecule has 21 heavy (non-hydrogen) atoms. The number of nitrogens with one attached hydrogen (secondary N) is 1. The zero-order chi connectivity index (χ0) is 15.6. The minimum Gasteiger partial charge on any atom is -0.374 e. The van der Waals surface area contributed by atoms with Crippen LogP contribution in [0.2, 0.25) is 5.02 Å². The Morgan fingerprint density at radius 3 is 2.76 bits per heavy atom. The van der Waals surface area contributed by atoms with E-state index in [1.54, 1.807) is 18.3 Å². The molecule has 0 saturated heterocycles. The quantitative estimate of drug-likeness (QED) is 0.679. The summed E-state index contributed by atoms with van der Waals surface area (Å²) in [5.74, 6) is 0.817. The summed E-state index contributed by atoms with van der Waals surface area (Å²) < 4.78 is 1.93. The number of nitro groups is 1. The van der Waals surface area contributed by atoms with E-state index in [9.17, 15) is 10.1 Å². The lowest BCUT2D eigenvalue weighted by atomic mass is 10.2. The molecular formula is C13H16ClN5O2. The van der Waals surface area contributed by atoms with E-state index in [1.807, 2.05) is 30.6 Å². The molecule has 0 aliphatic carbocycles. The molecule has 7 nitrogen and oxygen atoms in total. The van der Waals surface area contributed by atoms with Gasteiger partial charge in [0.2, 0.25) is 5.95 Å².